The van der Waals surface area contributed by atoms with Crippen molar-refractivity contribution in [2.45, 2.75) is 285 Å². The Bertz CT molecular complexity index is 1670. The highest BCUT2D eigenvalue weighted by molar-refractivity contribution is 5.51. The number of piperidine rings is 2. The third kappa shape index (κ3) is 15.0. The van der Waals surface area contributed by atoms with Gasteiger partial charge in [0.1, 0.15) is 11.5 Å². The number of phenols is 2. The lowest BCUT2D eigenvalue weighted by Gasteiger charge is -2.49. The monoisotopic (exact) mass is 913 g/mol. The van der Waals surface area contributed by atoms with Crippen molar-refractivity contribution in [1.29, 1.82) is 0 Å². The summed E-state index contributed by atoms with van der Waals surface area (Å²) < 4.78 is 6.47. The maximum absolute atomic E-state index is 11.0. The Hall–Kier alpha value is -2.08. The molecule has 0 amide bonds. The minimum atomic E-state index is -0.103. The zero-order valence-electron chi connectivity index (χ0n) is 46.7. The highest BCUT2D eigenvalue weighted by Gasteiger charge is 2.43. The van der Waals surface area contributed by atoms with E-state index in [0.29, 0.717) is 24.2 Å². The number of hydrogen-bond acceptors (Lipinski definition) is 5. The van der Waals surface area contributed by atoms with Crippen LogP contribution in [0.2, 0.25) is 0 Å². The molecule has 376 valence electrons. The molecule has 66 heavy (non-hydrogen) atoms. The molecule has 0 bridgehead atoms. The van der Waals surface area contributed by atoms with Crippen LogP contribution < -0.4 is 10.6 Å². The molecule has 0 spiro atoms. The lowest BCUT2D eigenvalue weighted by molar-refractivity contribution is -0.00976. The summed E-state index contributed by atoms with van der Waals surface area (Å²) >= 11 is 0. The Morgan fingerprint density at radius 1 is 0.455 bits per heavy atom. The lowest BCUT2D eigenvalue weighted by atomic mass is 9.65. The van der Waals surface area contributed by atoms with Crippen LogP contribution in [0.25, 0.3) is 0 Å². The number of nitrogens with one attached hydrogen (secondary N) is 2. The number of aryl methyl sites for hydroxylation is 1. The molecule has 2 aliphatic heterocycles. The molecule has 2 saturated carbocycles. The topological polar surface area (TPSA) is 73.8 Å². The summed E-state index contributed by atoms with van der Waals surface area (Å²) in [4.78, 5) is 0. The van der Waals surface area contributed by atoms with Crippen LogP contribution in [0.3, 0.4) is 0 Å². The Morgan fingerprint density at radius 2 is 0.758 bits per heavy atom. The lowest BCUT2D eigenvalue weighted by Crippen LogP contribution is -2.58. The van der Waals surface area contributed by atoms with E-state index in [1.807, 2.05) is 0 Å². The van der Waals surface area contributed by atoms with Crippen LogP contribution in [-0.4, -0.2) is 38.5 Å². The van der Waals surface area contributed by atoms with E-state index in [4.69, 9.17) is 4.74 Å². The average molecular weight is 914 g/mol. The first-order valence-corrected chi connectivity index (χ1v) is 26.9. The van der Waals surface area contributed by atoms with Crippen molar-refractivity contribution >= 4 is 0 Å². The highest BCUT2D eigenvalue weighted by atomic mass is 16.5. The second-order valence-electron chi connectivity index (χ2n) is 29.4. The maximum Gasteiger partial charge on any atom is 0.123 e. The fraction of sp³-hybridized carbons (Fsp3) is 0.803. The fourth-order valence-corrected chi connectivity index (χ4v) is 13.6. The van der Waals surface area contributed by atoms with Gasteiger partial charge >= 0.3 is 0 Å². The van der Waals surface area contributed by atoms with E-state index in [0.717, 1.165) is 58.3 Å². The van der Waals surface area contributed by atoms with Crippen LogP contribution in [0.5, 0.6) is 11.5 Å². The van der Waals surface area contributed by atoms with Gasteiger partial charge in [-0.25, -0.2) is 0 Å². The molecule has 0 unspecified atom stereocenters. The van der Waals surface area contributed by atoms with Gasteiger partial charge in [-0.05, 0) is 229 Å². The first-order chi connectivity index (χ1) is 29.9. The number of hydrogen-bond donors (Lipinski definition) is 4. The van der Waals surface area contributed by atoms with Crippen LogP contribution in [0.4, 0.5) is 0 Å². The quantitative estimate of drug-likeness (QED) is 0.212. The minimum Gasteiger partial charge on any atom is -0.507 e. The third-order valence-electron chi connectivity index (χ3n) is 16.3. The molecule has 5 heteroatoms. The molecule has 0 radical (unpaired) electrons. The normalized spacial score (nSPS) is 26.4. The number of aromatic hydroxyl groups is 2. The zero-order chi connectivity index (χ0) is 49.6. The molecule has 2 aliphatic carbocycles. The molecule has 4 N–H and O–H groups in total. The van der Waals surface area contributed by atoms with Gasteiger partial charge in [-0.15, -0.1) is 0 Å². The van der Waals surface area contributed by atoms with Crippen LogP contribution >= 0.6 is 0 Å². The van der Waals surface area contributed by atoms with Crippen LogP contribution in [0.15, 0.2) is 24.3 Å². The summed E-state index contributed by atoms with van der Waals surface area (Å²) in [6.45, 7) is 46.0. The number of benzene rings is 2. The zero-order valence-corrected chi connectivity index (χ0v) is 46.7. The largest absolute Gasteiger partial charge is 0.507 e. The Balaban J connectivity index is 0.000000247. The van der Waals surface area contributed by atoms with Crippen molar-refractivity contribution in [3.63, 3.8) is 0 Å². The predicted molar refractivity (Wildman–Crippen MR) is 283 cm³/mol. The molecule has 0 aromatic heterocycles. The van der Waals surface area contributed by atoms with Crippen molar-refractivity contribution in [3.8, 4) is 11.5 Å². The van der Waals surface area contributed by atoms with E-state index in [1.54, 1.807) is 0 Å². The highest BCUT2D eigenvalue weighted by Crippen LogP contribution is 2.47. The summed E-state index contributed by atoms with van der Waals surface area (Å²) in [6.07, 6.45) is 18.5. The Labute approximate surface area is 407 Å². The Morgan fingerprint density at radius 3 is 1.08 bits per heavy atom. The van der Waals surface area contributed by atoms with Crippen LogP contribution in [0, 0.1) is 29.6 Å². The van der Waals surface area contributed by atoms with Crippen molar-refractivity contribution in [2.24, 2.45) is 29.6 Å². The smallest absolute Gasteiger partial charge is 0.123 e. The van der Waals surface area contributed by atoms with Crippen LogP contribution in [-0.2, 0) is 39.4 Å². The minimum absolute atomic E-state index is 0.0471. The van der Waals surface area contributed by atoms with Gasteiger partial charge in [0.05, 0.1) is 12.7 Å². The first-order valence-electron chi connectivity index (χ1n) is 26.9. The number of rotatable bonds is 8. The molecule has 2 aromatic carbocycles. The predicted octanol–water partition coefficient (Wildman–Crippen LogP) is 15.9. The van der Waals surface area contributed by atoms with Crippen molar-refractivity contribution in [1.82, 2.24) is 10.6 Å². The molecular weight excluding hydrogens is 809 g/mol. The van der Waals surface area contributed by atoms with Gasteiger partial charge in [-0.1, -0.05) is 108 Å². The maximum atomic E-state index is 11.0. The second-order valence-corrected chi connectivity index (χ2v) is 29.4. The summed E-state index contributed by atoms with van der Waals surface area (Å²) in [5.41, 5.74) is 7.53. The van der Waals surface area contributed by atoms with Crippen LogP contribution in [0.1, 0.15) is 255 Å². The molecule has 4 aliphatic rings. The molecule has 5 nitrogen and oxygen atoms in total. The molecule has 0 atom stereocenters. The van der Waals surface area contributed by atoms with E-state index < -0.39 is 0 Å². The summed E-state index contributed by atoms with van der Waals surface area (Å²) in [7, 11) is 0. The number of phenolic OH excluding ortho intramolecular Hbond substituents is 2. The average Bonchev–Trinajstić information content (AvgIpc) is 3.13. The summed E-state index contributed by atoms with van der Waals surface area (Å²) in [6, 6.07) is 8.90. The molecule has 2 saturated heterocycles. The van der Waals surface area contributed by atoms with Gasteiger partial charge in [-0.3, -0.25) is 0 Å². The summed E-state index contributed by atoms with van der Waals surface area (Å²) in [5.74, 6) is 5.25. The van der Waals surface area contributed by atoms with E-state index in [2.05, 4.69) is 173 Å². The SMILES string of the molecule is CC1(C)CC(C2CCC(CCc3cc(C(C)(C)C)c(O)c(C(C)(C)C)c3)CC2)CC(C)(C)N1.CC1(C)CC(C2CCC(OCc3cc(C(C)(C)C)c(O)c(C(C)(C)C)c3)CC2)CC(C)(C)N1. The number of ether oxygens (including phenoxy) is 1. The molecule has 2 aromatic rings. The standard InChI is InChI=1S/C31H53NO.C30H51NO2/c1-28(2,3)25-17-22(18-26(27(25)33)29(4,5)6)12-11-21-13-15-23(16-14-21)24-19-30(7,8)32-31(9,10)20-24;1-27(2,3)24-15-20(16-25(26(24)32)28(4,5)6)19-33-23-13-11-21(12-14-23)22-17-29(7,8)31-30(9,10)18-22/h17-18,21,23-24,32-33H,11-16,19-20H2,1-10H3;15-16,21-23,31-32H,11-14,17-19H2,1-10H3. The molecule has 2 heterocycles. The van der Waals surface area contributed by atoms with Gasteiger partial charge in [0, 0.05) is 22.2 Å². The Kier molecular flexibility index (Phi) is 16.6. The van der Waals surface area contributed by atoms with Gasteiger partial charge in [0.2, 0.25) is 0 Å². The summed E-state index contributed by atoms with van der Waals surface area (Å²) in [5, 5.41) is 29.7. The van der Waals surface area contributed by atoms with Crippen molar-refractivity contribution in [3.05, 3.63) is 57.6 Å². The second kappa shape index (κ2) is 20.0. The molecule has 4 fully saturated rings. The van der Waals surface area contributed by atoms with Crippen molar-refractivity contribution in [2.75, 3.05) is 0 Å². The van der Waals surface area contributed by atoms with Crippen molar-refractivity contribution < 1.29 is 14.9 Å². The van der Waals surface area contributed by atoms with Gasteiger partial charge in [-0.2, -0.15) is 0 Å². The first kappa shape index (κ1) is 54.9. The van der Waals surface area contributed by atoms with E-state index in [9.17, 15) is 10.2 Å². The van der Waals surface area contributed by atoms with Gasteiger partial charge in [0.25, 0.3) is 0 Å². The fourth-order valence-electron chi connectivity index (χ4n) is 13.6. The van der Waals surface area contributed by atoms with E-state index in [-0.39, 0.29) is 43.8 Å². The van der Waals surface area contributed by atoms with Gasteiger partial charge < -0.3 is 25.6 Å². The van der Waals surface area contributed by atoms with Gasteiger partial charge in [0.15, 0.2) is 0 Å². The van der Waals surface area contributed by atoms with E-state index in [1.165, 1.54) is 94.6 Å². The molecule has 6 rings (SSSR count). The third-order valence-corrected chi connectivity index (χ3v) is 16.3. The molecular formula is C61H104N2O3. The van der Waals surface area contributed by atoms with E-state index >= 15 is 0 Å².